The predicted octanol–water partition coefficient (Wildman–Crippen LogP) is 4.47. The third kappa shape index (κ3) is 5.33. The zero-order valence-corrected chi connectivity index (χ0v) is 16.9. The van der Waals surface area contributed by atoms with E-state index < -0.39 is 0 Å². The van der Waals surface area contributed by atoms with Crippen LogP contribution in [0.5, 0.6) is 11.5 Å². The van der Waals surface area contributed by atoms with Crippen molar-refractivity contribution in [2.75, 3.05) is 20.3 Å². The van der Waals surface area contributed by atoms with Gasteiger partial charge in [-0.3, -0.25) is 4.79 Å². The summed E-state index contributed by atoms with van der Waals surface area (Å²) in [6, 6.07) is 13.7. The Hall–Kier alpha value is -2.86. The van der Waals surface area contributed by atoms with Crippen LogP contribution in [-0.2, 0) is 11.2 Å². The number of ether oxygens (including phenoxy) is 2. The van der Waals surface area contributed by atoms with E-state index in [2.05, 4.69) is 16.4 Å². The molecule has 1 N–H and O–H groups in total. The van der Waals surface area contributed by atoms with Crippen molar-refractivity contribution < 1.29 is 14.3 Å². The Morgan fingerprint density at radius 3 is 2.86 bits per heavy atom. The molecule has 28 heavy (non-hydrogen) atoms. The standard InChI is InChI=1S/C22H24N2O3S/c1-3-7-16-11-12-18(19(14-16)26-2)27-15-21(25)23-13-6-10-22-24-17-8-4-5-9-20(17)28-22/h3-5,7-9,11-12,14H,6,10,13,15H2,1-2H3,(H,23,25)/b7-3+. The molecule has 0 aliphatic carbocycles. The second-order valence-corrected chi connectivity index (χ2v) is 7.34. The number of allylic oxidation sites excluding steroid dienone is 1. The largest absolute Gasteiger partial charge is 0.493 e. The third-order valence-electron chi connectivity index (χ3n) is 4.13. The molecule has 0 fully saturated rings. The Labute approximate surface area is 169 Å². The number of carbonyl (C=O) groups is 1. The molecule has 3 aromatic rings. The molecule has 6 heteroatoms. The third-order valence-corrected chi connectivity index (χ3v) is 5.23. The maximum atomic E-state index is 12.0. The van der Waals surface area contributed by atoms with E-state index in [1.54, 1.807) is 18.4 Å². The van der Waals surface area contributed by atoms with E-state index in [1.165, 1.54) is 4.70 Å². The molecular weight excluding hydrogens is 372 g/mol. The van der Waals surface area contributed by atoms with Crippen LogP contribution in [-0.4, -0.2) is 31.2 Å². The molecule has 146 valence electrons. The topological polar surface area (TPSA) is 60.5 Å². The summed E-state index contributed by atoms with van der Waals surface area (Å²) in [5.74, 6) is 1.02. The van der Waals surface area contributed by atoms with Crippen LogP contribution >= 0.6 is 11.3 Å². The summed E-state index contributed by atoms with van der Waals surface area (Å²) < 4.78 is 12.1. The maximum Gasteiger partial charge on any atom is 0.257 e. The van der Waals surface area contributed by atoms with Gasteiger partial charge < -0.3 is 14.8 Å². The number of methoxy groups -OCH3 is 1. The summed E-state index contributed by atoms with van der Waals surface area (Å²) >= 11 is 1.71. The van der Waals surface area contributed by atoms with Crippen molar-refractivity contribution in [3.63, 3.8) is 0 Å². The van der Waals surface area contributed by atoms with Crippen LogP contribution in [0.3, 0.4) is 0 Å². The number of benzene rings is 2. The van der Waals surface area contributed by atoms with Gasteiger partial charge in [0.2, 0.25) is 0 Å². The van der Waals surface area contributed by atoms with Crippen LogP contribution in [0.1, 0.15) is 23.9 Å². The van der Waals surface area contributed by atoms with Crippen LogP contribution in [0.4, 0.5) is 0 Å². The van der Waals surface area contributed by atoms with Crippen molar-refractivity contribution in [3.8, 4) is 11.5 Å². The van der Waals surface area contributed by atoms with E-state index in [0.717, 1.165) is 28.9 Å². The molecule has 0 unspecified atom stereocenters. The fourth-order valence-corrected chi connectivity index (χ4v) is 3.80. The lowest BCUT2D eigenvalue weighted by atomic mass is 10.2. The van der Waals surface area contributed by atoms with Crippen LogP contribution in [0.15, 0.2) is 48.5 Å². The first-order valence-electron chi connectivity index (χ1n) is 9.24. The summed E-state index contributed by atoms with van der Waals surface area (Å²) in [4.78, 5) is 16.6. The molecule has 0 saturated heterocycles. The number of hydrogen-bond acceptors (Lipinski definition) is 5. The normalized spacial score (nSPS) is 11.1. The summed E-state index contributed by atoms with van der Waals surface area (Å²) in [5, 5.41) is 3.98. The first kappa shape index (κ1) is 19.9. The van der Waals surface area contributed by atoms with Gasteiger partial charge in [-0.05, 0) is 43.2 Å². The lowest BCUT2D eigenvalue weighted by Gasteiger charge is -2.11. The number of thiazole rings is 1. The van der Waals surface area contributed by atoms with Crippen LogP contribution < -0.4 is 14.8 Å². The smallest absolute Gasteiger partial charge is 0.257 e. The number of carbonyl (C=O) groups excluding carboxylic acids is 1. The average Bonchev–Trinajstić information content (AvgIpc) is 3.13. The van der Waals surface area contributed by atoms with Crippen molar-refractivity contribution in [1.82, 2.24) is 10.3 Å². The monoisotopic (exact) mass is 396 g/mol. The van der Waals surface area contributed by atoms with Crippen molar-refractivity contribution in [2.24, 2.45) is 0 Å². The van der Waals surface area contributed by atoms with E-state index in [4.69, 9.17) is 9.47 Å². The molecule has 2 aromatic carbocycles. The predicted molar refractivity (Wildman–Crippen MR) is 114 cm³/mol. The number of hydrogen-bond donors (Lipinski definition) is 1. The van der Waals surface area contributed by atoms with Crippen LogP contribution in [0, 0.1) is 0 Å². The van der Waals surface area contributed by atoms with Crippen LogP contribution in [0.25, 0.3) is 16.3 Å². The van der Waals surface area contributed by atoms with Gasteiger partial charge >= 0.3 is 0 Å². The minimum absolute atomic E-state index is 0.0412. The minimum atomic E-state index is -0.149. The van der Waals surface area contributed by atoms with Gasteiger partial charge in [0.25, 0.3) is 5.91 Å². The molecule has 0 aliphatic heterocycles. The average molecular weight is 397 g/mol. The van der Waals surface area contributed by atoms with E-state index in [1.807, 2.05) is 55.5 Å². The number of nitrogens with one attached hydrogen (secondary N) is 1. The fourth-order valence-electron chi connectivity index (χ4n) is 2.79. The maximum absolute atomic E-state index is 12.0. The Kier molecular flexibility index (Phi) is 7.03. The first-order valence-corrected chi connectivity index (χ1v) is 10.1. The Morgan fingerprint density at radius 2 is 2.07 bits per heavy atom. The molecule has 0 spiro atoms. The van der Waals surface area contributed by atoms with Gasteiger partial charge in [0.15, 0.2) is 18.1 Å². The number of nitrogens with zero attached hydrogens (tertiary/aromatic N) is 1. The number of amides is 1. The number of aromatic nitrogens is 1. The van der Waals surface area contributed by atoms with Crippen molar-refractivity contribution >= 4 is 33.5 Å². The second kappa shape index (κ2) is 9.90. The molecule has 1 aromatic heterocycles. The molecule has 0 saturated carbocycles. The van der Waals surface area contributed by atoms with Crippen LogP contribution in [0.2, 0.25) is 0 Å². The van der Waals surface area contributed by atoms with Crippen molar-refractivity contribution in [3.05, 3.63) is 59.1 Å². The molecule has 1 heterocycles. The second-order valence-electron chi connectivity index (χ2n) is 6.23. The Bertz CT molecular complexity index is 932. The summed E-state index contributed by atoms with van der Waals surface area (Å²) in [6.07, 6.45) is 5.62. The Morgan fingerprint density at radius 1 is 1.21 bits per heavy atom. The summed E-state index contributed by atoms with van der Waals surface area (Å²) in [6.45, 7) is 2.51. The van der Waals surface area contributed by atoms with Gasteiger partial charge in [-0.15, -0.1) is 11.3 Å². The lowest BCUT2D eigenvalue weighted by Crippen LogP contribution is -2.30. The molecule has 0 atom stereocenters. The zero-order valence-electron chi connectivity index (χ0n) is 16.1. The number of para-hydroxylation sites is 1. The van der Waals surface area contributed by atoms with Crippen molar-refractivity contribution in [2.45, 2.75) is 19.8 Å². The SMILES string of the molecule is C/C=C/c1ccc(OCC(=O)NCCCc2nc3ccccc3s2)c(OC)c1. The highest BCUT2D eigenvalue weighted by atomic mass is 32.1. The van der Waals surface area contributed by atoms with Gasteiger partial charge in [-0.25, -0.2) is 4.98 Å². The molecule has 0 bridgehead atoms. The summed E-state index contributed by atoms with van der Waals surface area (Å²) in [7, 11) is 1.59. The Balaban J connectivity index is 1.42. The highest BCUT2D eigenvalue weighted by Gasteiger charge is 2.08. The van der Waals surface area contributed by atoms with Crippen molar-refractivity contribution in [1.29, 1.82) is 0 Å². The molecule has 0 aliphatic rings. The van der Waals surface area contributed by atoms with Gasteiger partial charge in [0.05, 0.1) is 22.3 Å². The highest BCUT2D eigenvalue weighted by molar-refractivity contribution is 7.18. The number of fused-ring (bicyclic) bond motifs is 1. The molecular formula is C22H24N2O3S. The number of rotatable bonds is 9. The van der Waals surface area contributed by atoms with E-state index in [9.17, 15) is 4.79 Å². The van der Waals surface area contributed by atoms with Gasteiger partial charge in [-0.2, -0.15) is 0 Å². The first-order chi connectivity index (χ1) is 13.7. The number of aryl methyl sites for hydroxylation is 1. The molecule has 0 radical (unpaired) electrons. The van der Waals surface area contributed by atoms with E-state index in [0.29, 0.717) is 18.0 Å². The van der Waals surface area contributed by atoms with Gasteiger partial charge in [-0.1, -0.05) is 30.4 Å². The zero-order chi connectivity index (χ0) is 19.8. The molecule has 5 nitrogen and oxygen atoms in total. The van der Waals surface area contributed by atoms with Gasteiger partial charge in [0.1, 0.15) is 0 Å². The van der Waals surface area contributed by atoms with E-state index >= 15 is 0 Å². The molecule has 1 amide bonds. The highest BCUT2D eigenvalue weighted by Crippen LogP contribution is 2.28. The fraction of sp³-hybridized carbons (Fsp3) is 0.273. The van der Waals surface area contributed by atoms with Gasteiger partial charge in [0, 0.05) is 13.0 Å². The minimum Gasteiger partial charge on any atom is -0.493 e. The molecule has 3 rings (SSSR count). The quantitative estimate of drug-likeness (QED) is 0.542. The van der Waals surface area contributed by atoms with E-state index in [-0.39, 0.29) is 12.5 Å². The lowest BCUT2D eigenvalue weighted by molar-refractivity contribution is -0.123. The summed E-state index contributed by atoms with van der Waals surface area (Å²) in [5.41, 5.74) is 2.06.